The summed E-state index contributed by atoms with van der Waals surface area (Å²) in [5.74, 6) is 0.495. The molecule has 0 aromatic carbocycles. The Bertz CT molecular complexity index is 381. The van der Waals surface area contributed by atoms with Gasteiger partial charge in [0.2, 0.25) is 0 Å². The molecular formula is C10H16ClN3O2. The number of aromatic amines is 1. The Hall–Kier alpha value is -1.07. The molecule has 0 saturated heterocycles. The molecule has 0 spiro atoms. The zero-order valence-corrected chi connectivity index (χ0v) is 10.00. The van der Waals surface area contributed by atoms with Crippen LogP contribution >= 0.6 is 11.6 Å². The number of aliphatic hydroxyl groups excluding tert-OH is 1. The Balaban J connectivity index is 2.56. The minimum atomic E-state index is -0.325. The fraction of sp³-hybridized carbons (Fsp3) is 0.600. The molecule has 0 bridgehead atoms. The number of hydrogen-bond acceptors (Lipinski definition) is 4. The molecule has 6 heteroatoms. The van der Waals surface area contributed by atoms with Crippen LogP contribution in [0.5, 0.6) is 0 Å². The fourth-order valence-electron chi connectivity index (χ4n) is 1.38. The van der Waals surface area contributed by atoms with Crippen molar-refractivity contribution in [2.45, 2.75) is 19.3 Å². The van der Waals surface area contributed by atoms with Gasteiger partial charge in [-0.1, -0.05) is 11.6 Å². The SMILES string of the molecule is CN(CCCCCO)c1nc[nH]c(=O)c1Cl. The number of nitrogens with zero attached hydrogens (tertiary/aromatic N) is 2. The van der Waals surface area contributed by atoms with Crippen LogP contribution in [0, 0.1) is 0 Å². The highest BCUT2D eigenvalue weighted by atomic mass is 35.5. The van der Waals surface area contributed by atoms with Crippen molar-refractivity contribution in [1.82, 2.24) is 9.97 Å². The maximum atomic E-state index is 11.2. The maximum absolute atomic E-state index is 11.2. The van der Waals surface area contributed by atoms with E-state index in [1.54, 1.807) is 0 Å². The number of aliphatic hydroxyl groups is 1. The van der Waals surface area contributed by atoms with E-state index in [1.165, 1.54) is 6.33 Å². The van der Waals surface area contributed by atoms with Crippen molar-refractivity contribution in [2.24, 2.45) is 0 Å². The predicted molar refractivity (Wildman–Crippen MR) is 64.1 cm³/mol. The van der Waals surface area contributed by atoms with Crippen molar-refractivity contribution in [3.05, 3.63) is 21.7 Å². The fourth-order valence-corrected chi connectivity index (χ4v) is 1.63. The lowest BCUT2D eigenvalue weighted by molar-refractivity contribution is 0.283. The number of nitrogens with one attached hydrogen (secondary N) is 1. The van der Waals surface area contributed by atoms with Crippen LogP contribution in [0.25, 0.3) is 0 Å². The third-order valence-corrected chi connectivity index (χ3v) is 2.63. The second-order valence-corrected chi connectivity index (χ2v) is 3.95. The van der Waals surface area contributed by atoms with Crippen LogP contribution in [0.15, 0.2) is 11.1 Å². The van der Waals surface area contributed by atoms with Crippen LogP contribution < -0.4 is 10.5 Å². The highest BCUT2D eigenvalue weighted by Gasteiger charge is 2.09. The van der Waals surface area contributed by atoms with Crippen LogP contribution in [-0.4, -0.2) is 35.3 Å². The first kappa shape index (κ1) is 13.0. The normalized spacial score (nSPS) is 10.4. The van der Waals surface area contributed by atoms with Crippen molar-refractivity contribution in [1.29, 1.82) is 0 Å². The average molecular weight is 246 g/mol. The van der Waals surface area contributed by atoms with E-state index in [0.29, 0.717) is 5.82 Å². The van der Waals surface area contributed by atoms with E-state index in [4.69, 9.17) is 16.7 Å². The van der Waals surface area contributed by atoms with Gasteiger partial charge in [-0.25, -0.2) is 4.98 Å². The summed E-state index contributed by atoms with van der Waals surface area (Å²) in [5.41, 5.74) is -0.325. The molecule has 0 saturated carbocycles. The van der Waals surface area contributed by atoms with Gasteiger partial charge in [-0.3, -0.25) is 4.79 Å². The highest BCUT2D eigenvalue weighted by Crippen LogP contribution is 2.16. The summed E-state index contributed by atoms with van der Waals surface area (Å²) in [7, 11) is 1.84. The Morgan fingerprint density at radius 2 is 2.25 bits per heavy atom. The van der Waals surface area contributed by atoms with E-state index in [2.05, 4.69) is 9.97 Å². The van der Waals surface area contributed by atoms with Gasteiger partial charge in [-0.2, -0.15) is 0 Å². The standard InChI is InChI=1S/C10H16ClN3O2/c1-14(5-3-2-4-6-15)9-8(11)10(16)13-7-12-9/h7,15H,2-6H2,1H3,(H,12,13,16). The van der Waals surface area contributed by atoms with E-state index in [9.17, 15) is 4.79 Å². The maximum Gasteiger partial charge on any atom is 0.271 e. The first-order valence-electron chi connectivity index (χ1n) is 5.22. The number of halogens is 1. The topological polar surface area (TPSA) is 69.2 Å². The number of H-pyrrole nitrogens is 1. The second-order valence-electron chi connectivity index (χ2n) is 3.58. The number of anilines is 1. The molecule has 90 valence electrons. The molecule has 5 nitrogen and oxygen atoms in total. The Labute approximate surface area is 99.1 Å². The summed E-state index contributed by atoms with van der Waals surface area (Å²) in [4.78, 5) is 19.5. The molecule has 0 aliphatic carbocycles. The van der Waals surface area contributed by atoms with Gasteiger partial charge in [-0.05, 0) is 19.3 Å². The van der Waals surface area contributed by atoms with Gasteiger partial charge in [0.15, 0.2) is 5.82 Å². The van der Waals surface area contributed by atoms with Crippen LogP contribution in [0.3, 0.4) is 0 Å². The van der Waals surface area contributed by atoms with Crippen LogP contribution in [-0.2, 0) is 0 Å². The van der Waals surface area contributed by atoms with E-state index in [0.717, 1.165) is 25.8 Å². The third kappa shape index (κ3) is 3.50. The molecule has 0 fully saturated rings. The molecule has 0 aliphatic rings. The number of hydrogen-bond donors (Lipinski definition) is 2. The van der Waals surface area contributed by atoms with Gasteiger partial charge in [0, 0.05) is 20.2 Å². The quantitative estimate of drug-likeness (QED) is 0.735. The van der Waals surface area contributed by atoms with Gasteiger partial charge in [0.25, 0.3) is 5.56 Å². The Kier molecular flexibility index (Phi) is 5.28. The first-order valence-corrected chi connectivity index (χ1v) is 5.59. The van der Waals surface area contributed by atoms with E-state index in [1.807, 2.05) is 11.9 Å². The molecule has 1 aromatic rings. The first-order chi connectivity index (χ1) is 7.66. The molecular weight excluding hydrogens is 230 g/mol. The Morgan fingerprint density at radius 3 is 2.94 bits per heavy atom. The largest absolute Gasteiger partial charge is 0.396 e. The van der Waals surface area contributed by atoms with Gasteiger partial charge in [0.05, 0.1) is 6.33 Å². The molecule has 0 unspecified atom stereocenters. The molecule has 1 rings (SSSR count). The van der Waals surface area contributed by atoms with Gasteiger partial charge >= 0.3 is 0 Å². The van der Waals surface area contributed by atoms with Crippen molar-refractivity contribution in [3.8, 4) is 0 Å². The third-order valence-electron chi connectivity index (χ3n) is 2.29. The number of aromatic nitrogens is 2. The minimum absolute atomic E-state index is 0.118. The summed E-state index contributed by atoms with van der Waals surface area (Å²) in [6, 6.07) is 0. The van der Waals surface area contributed by atoms with Crippen molar-refractivity contribution in [3.63, 3.8) is 0 Å². The summed E-state index contributed by atoms with van der Waals surface area (Å²) < 4.78 is 0. The predicted octanol–water partition coefficient (Wildman–Crippen LogP) is 1.02. The van der Waals surface area contributed by atoms with Gasteiger partial charge in [-0.15, -0.1) is 0 Å². The van der Waals surface area contributed by atoms with Crippen molar-refractivity contribution < 1.29 is 5.11 Å². The second kappa shape index (κ2) is 6.50. The van der Waals surface area contributed by atoms with E-state index >= 15 is 0 Å². The average Bonchev–Trinajstić information content (AvgIpc) is 2.28. The van der Waals surface area contributed by atoms with Gasteiger partial charge < -0.3 is 15.0 Å². The highest BCUT2D eigenvalue weighted by molar-refractivity contribution is 6.32. The molecule has 0 amide bonds. The Morgan fingerprint density at radius 1 is 1.50 bits per heavy atom. The molecule has 0 atom stereocenters. The monoisotopic (exact) mass is 245 g/mol. The lowest BCUT2D eigenvalue weighted by Crippen LogP contribution is -2.23. The summed E-state index contributed by atoms with van der Waals surface area (Å²) in [6.45, 7) is 0.976. The van der Waals surface area contributed by atoms with Crippen LogP contribution in [0.1, 0.15) is 19.3 Å². The molecule has 2 N–H and O–H groups in total. The number of unbranched alkanes of at least 4 members (excludes halogenated alkanes) is 2. The molecule has 16 heavy (non-hydrogen) atoms. The molecule has 0 aliphatic heterocycles. The van der Waals surface area contributed by atoms with Crippen LogP contribution in [0.4, 0.5) is 5.82 Å². The van der Waals surface area contributed by atoms with Crippen LogP contribution in [0.2, 0.25) is 5.02 Å². The lowest BCUT2D eigenvalue weighted by Gasteiger charge is -2.18. The van der Waals surface area contributed by atoms with Crippen molar-refractivity contribution >= 4 is 17.4 Å². The lowest BCUT2D eigenvalue weighted by atomic mass is 10.2. The number of rotatable bonds is 6. The van der Waals surface area contributed by atoms with Gasteiger partial charge in [0.1, 0.15) is 5.02 Å². The molecule has 1 aromatic heterocycles. The smallest absolute Gasteiger partial charge is 0.271 e. The minimum Gasteiger partial charge on any atom is -0.396 e. The summed E-state index contributed by atoms with van der Waals surface area (Å²) >= 11 is 5.84. The molecule has 1 heterocycles. The van der Waals surface area contributed by atoms with E-state index in [-0.39, 0.29) is 17.2 Å². The zero-order chi connectivity index (χ0) is 12.0. The van der Waals surface area contributed by atoms with Crippen molar-refractivity contribution in [2.75, 3.05) is 25.1 Å². The zero-order valence-electron chi connectivity index (χ0n) is 9.24. The van der Waals surface area contributed by atoms with E-state index < -0.39 is 0 Å². The molecule has 0 radical (unpaired) electrons. The summed E-state index contributed by atoms with van der Waals surface area (Å²) in [5, 5.41) is 8.75. The summed E-state index contributed by atoms with van der Waals surface area (Å²) in [6.07, 6.45) is 4.02.